The molecule has 60 heavy (non-hydrogen) atoms. The second-order valence-corrected chi connectivity index (χ2v) is 17.4. The van der Waals surface area contributed by atoms with Crippen molar-refractivity contribution in [3.8, 4) is 0 Å². The predicted molar refractivity (Wildman–Crippen MR) is 258 cm³/mol. The molecule has 0 saturated heterocycles. The van der Waals surface area contributed by atoms with Crippen LogP contribution < -0.4 is 22.9 Å². The van der Waals surface area contributed by atoms with Gasteiger partial charge in [0.2, 0.25) is 0 Å². The van der Waals surface area contributed by atoms with Crippen molar-refractivity contribution in [1.82, 2.24) is 0 Å². The molecular weight excluding hydrogens is 753 g/mol. The van der Waals surface area contributed by atoms with Crippen molar-refractivity contribution in [1.29, 1.82) is 0 Å². The molecule has 0 aromatic heterocycles. The Morgan fingerprint density at radius 2 is 0.850 bits per heavy atom. The van der Waals surface area contributed by atoms with Crippen LogP contribution >= 0.6 is 0 Å². The van der Waals surface area contributed by atoms with E-state index >= 15 is 0 Å². The summed E-state index contributed by atoms with van der Waals surface area (Å²) in [6, 6.07) is 0.349. The Labute approximate surface area is 369 Å². The highest BCUT2D eigenvalue weighted by molar-refractivity contribution is 5.66. The van der Waals surface area contributed by atoms with Gasteiger partial charge in [-0.15, -0.1) is 0 Å². The Morgan fingerprint density at radius 1 is 0.533 bits per heavy atom. The largest absolute Gasteiger partial charge is 0.481 e. The van der Waals surface area contributed by atoms with Gasteiger partial charge < -0.3 is 38.3 Å². The number of allylic oxidation sites excluding steroid dienone is 8. The Kier molecular flexibility index (Phi) is 52.0. The molecule has 1 aliphatic rings. The van der Waals surface area contributed by atoms with E-state index in [1.54, 1.807) is 0 Å². The number of carbonyl (C=O) groups is 3. The van der Waals surface area contributed by atoms with E-state index in [0.717, 1.165) is 77.7 Å². The summed E-state index contributed by atoms with van der Waals surface area (Å²) in [5.41, 5.74) is 22.2. The molecule has 10 heteroatoms. The molecule has 0 aliphatic heterocycles. The summed E-state index contributed by atoms with van der Waals surface area (Å²) < 4.78 is 0. The third-order valence-corrected chi connectivity index (χ3v) is 9.82. The number of rotatable bonds is 30. The summed E-state index contributed by atoms with van der Waals surface area (Å²) in [5, 5.41) is 24.4. The third kappa shape index (κ3) is 61.9. The van der Waals surface area contributed by atoms with Crippen LogP contribution in [0.1, 0.15) is 215 Å². The van der Waals surface area contributed by atoms with Crippen LogP contribution in [-0.4, -0.2) is 58.9 Å². The molecule has 0 heterocycles. The smallest absolute Gasteiger partial charge is 0.303 e. The molecule has 2 unspecified atom stereocenters. The van der Waals surface area contributed by atoms with Crippen molar-refractivity contribution >= 4 is 17.9 Å². The highest BCUT2D eigenvalue weighted by atomic mass is 16.4. The van der Waals surface area contributed by atoms with Crippen LogP contribution in [0, 0.1) is 10.8 Å². The van der Waals surface area contributed by atoms with Gasteiger partial charge in [0.15, 0.2) is 0 Å². The fourth-order valence-corrected chi connectivity index (χ4v) is 7.05. The van der Waals surface area contributed by atoms with E-state index in [4.69, 9.17) is 43.0 Å². The maximum Gasteiger partial charge on any atom is 0.303 e. The fraction of sp³-hybridized carbons (Fsp3) is 0.780. The predicted octanol–water partition coefficient (Wildman–Crippen LogP) is 12.3. The summed E-state index contributed by atoms with van der Waals surface area (Å²) in [6.45, 7) is 14.4. The van der Waals surface area contributed by atoms with Gasteiger partial charge >= 0.3 is 11.9 Å². The lowest BCUT2D eigenvalue weighted by atomic mass is 9.63. The monoisotopic (exact) mass is 851 g/mol. The van der Waals surface area contributed by atoms with E-state index in [-0.39, 0.29) is 5.41 Å². The number of nitrogens with two attached hydrogens (primary N) is 4. The van der Waals surface area contributed by atoms with Crippen molar-refractivity contribution in [2.75, 3.05) is 19.6 Å². The second-order valence-electron chi connectivity index (χ2n) is 17.4. The lowest BCUT2D eigenvalue weighted by Gasteiger charge is -2.45. The number of hydrogen-bond donors (Lipinski definition) is 7. The van der Waals surface area contributed by atoms with E-state index in [2.05, 4.69) is 83.2 Å². The number of aliphatic carboxylic acids is 3. The van der Waals surface area contributed by atoms with Gasteiger partial charge in [-0.3, -0.25) is 14.4 Å². The van der Waals surface area contributed by atoms with Gasteiger partial charge in [0.25, 0.3) is 5.97 Å². The maximum atomic E-state index is 10.3. The Hall–Kier alpha value is -2.79. The van der Waals surface area contributed by atoms with Gasteiger partial charge in [0.05, 0.1) is 0 Å². The van der Waals surface area contributed by atoms with Crippen molar-refractivity contribution < 1.29 is 29.7 Å². The molecule has 1 aliphatic carbocycles. The van der Waals surface area contributed by atoms with Crippen LogP contribution in [0.4, 0.5) is 0 Å². The van der Waals surface area contributed by atoms with E-state index < -0.39 is 17.9 Å². The van der Waals surface area contributed by atoms with E-state index in [1.807, 2.05) is 0 Å². The zero-order chi connectivity index (χ0) is 46.2. The van der Waals surface area contributed by atoms with Gasteiger partial charge in [-0.1, -0.05) is 147 Å². The van der Waals surface area contributed by atoms with Crippen molar-refractivity contribution in [2.24, 2.45) is 33.8 Å². The normalized spacial score (nSPS) is 16.9. The molecule has 1 saturated carbocycles. The number of hydrogen-bond acceptors (Lipinski definition) is 7. The van der Waals surface area contributed by atoms with Crippen LogP contribution in [0.5, 0.6) is 0 Å². The number of carboxylic acids is 3. The molecular formula is C50H98N4O6. The zero-order valence-corrected chi connectivity index (χ0v) is 39.8. The molecule has 0 bridgehead atoms. The van der Waals surface area contributed by atoms with Gasteiger partial charge in [-0.25, -0.2) is 0 Å². The average molecular weight is 851 g/mol. The van der Waals surface area contributed by atoms with Gasteiger partial charge in [0.1, 0.15) is 0 Å². The summed E-state index contributed by atoms with van der Waals surface area (Å²) in [4.78, 5) is 29.6. The Balaban J connectivity index is -0.000000366. The molecule has 0 spiro atoms. The second kappa shape index (κ2) is 48.9. The maximum absolute atomic E-state index is 10.3. The topological polar surface area (TPSA) is 216 Å². The molecule has 2 atom stereocenters. The van der Waals surface area contributed by atoms with Crippen LogP contribution in [0.2, 0.25) is 0 Å². The molecule has 1 rings (SSSR count). The van der Waals surface area contributed by atoms with Crippen LogP contribution in [0.15, 0.2) is 48.6 Å². The Morgan fingerprint density at radius 3 is 1.13 bits per heavy atom. The highest BCUT2D eigenvalue weighted by Crippen LogP contribution is 2.44. The summed E-state index contributed by atoms with van der Waals surface area (Å²) in [7, 11) is 0. The first kappa shape index (κ1) is 63.8. The van der Waals surface area contributed by atoms with Gasteiger partial charge in [0, 0.05) is 38.9 Å². The van der Waals surface area contributed by atoms with E-state index in [1.165, 1.54) is 96.3 Å². The number of unbranched alkanes of at least 4 members (excludes halogenated alkanes) is 16. The molecule has 0 aromatic rings. The lowest BCUT2D eigenvalue weighted by Crippen LogP contribution is -2.45. The van der Waals surface area contributed by atoms with E-state index in [9.17, 15) is 9.59 Å². The first-order valence-electron chi connectivity index (χ1n) is 23.6. The first-order valence-corrected chi connectivity index (χ1v) is 23.6. The zero-order valence-electron chi connectivity index (χ0n) is 39.8. The lowest BCUT2D eigenvalue weighted by molar-refractivity contribution is -0.138. The quantitative estimate of drug-likeness (QED) is 0.0268. The van der Waals surface area contributed by atoms with Crippen molar-refractivity contribution in [2.45, 2.75) is 221 Å². The first-order chi connectivity index (χ1) is 28.6. The molecule has 354 valence electrons. The van der Waals surface area contributed by atoms with E-state index in [0.29, 0.717) is 37.4 Å². The summed E-state index contributed by atoms with van der Waals surface area (Å²) in [6.07, 6.45) is 48.0. The van der Waals surface area contributed by atoms with Crippen LogP contribution in [-0.2, 0) is 14.4 Å². The minimum Gasteiger partial charge on any atom is -0.481 e. The van der Waals surface area contributed by atoms with Gasteiger partial charge in [-0.2, -0.15) is 0 Å². The average Bonchev–Trinajstić information content (AvgIpc) is 3.17. The SMILES string of the molecule is CC(=O)O.CC1(C)CC(N)CC(C)(CN)C1.CCCCC/C=C\C/C=C\CCCCCCCC(=O)O.CCCCC/C=C\C/C=C\CCCCCCCC(=O)O.NCCN. The molecule has 1 fully saturated rings. The number of carboxylic acid groups (broad SMARTS) is 3. The molecule has 10 nitrogen and oxygen atoms in total. The molecule has 0 aromatic carbocycles. The molecule has 11 N–H and O–H groups in total. The summed E-state index contributed by atoms with van der Waals surface area (Å²) in [5.74, 6) is -2.17. The van der Waals surface area contributed by atoms with Crippen molar-refractivity contribution in [3.63, 3.8) is 0 Å². The van der Waals surface area contributed by atoms with Crippen molar-refractivity contribution in [3.05, 3.63) is 48.6 Å². The minimum absolute atomic E-state index is 0.279. The highest BCUT2D eigenvalue weighted by Gasteiger charge is 2.38. The summed E-state index contributed by atoms with van der Waals surface area (Å²) >= 11 is 0. The Bertz CT molecular complexity index is 1010. The van der Waals surface area contributed by atoms with Crippen LogP contribution in [0.25, 0.3) is 0 Å². The minimum atomic E-state index is -0.833. The molecule has 0 amide bonds. The standard InChI is InChI=1S/2C18H32O2.C10H22N2.C2H8N2.C2H4O2/c2*1-2-3-4-5-6-7-8-9-10-11-12-13-14-15-16-17-18(19)20;1-9(2)4-8(12)5-10(3,6-9)7-11;3-1-2-4;1-2(3)4/h2*6-7,9-10H,2-5,8,11-17H2,1H3,(H,19,20);8H,4-7,11-12H2,1-3H3;1-4H2;1H3,(H,3,4)/b2*7-6-,10-9-;;;. The van der Waals surface area contributed by atoms with Crippen LogP contribution in [0.3, 0.4) is 0 Å². The third-order valence-electron chi connectivity index (χ3n) is 9.82. The fourth-order valence-electron chi connectivity index (χ4n) is 7.05. The molecule has 0 radical (unpaired) electrons. The van der Waals surface area contributed by atoms with Gasteiger partial charge in [-0.05, 0) is 114 Å².